The minimum absolute atomic E-state index is 0.318. The Morgan fingerprint density at radius 1 is 1.39 bits per heavy atom. The molecule has 0 radical (unpaired) electrons. The van der Waals surface area contributed by atoms with Crippen molar-refractivity contribution >= 4 is 11.8 Å². The van der Waals surface area contributed by atoms with Crippen LogP contribution in [0.3, 0.4) is 0 Å². The molecule has 2 aromatic heterocycles. The van der Waals surface area contributed by atoms with Gasteiger partial charge in [-0.05, 0) is 38.7 Å². The predicted molar refractivity (Wildman–Crippen MR) is 89.5 cm³/mol. The largest absolute Gasteiger partial charge is 0.381 e. The quantitative estimate of drug-likeness (QED) is 0.704. The van der Waals surface area contributed by atoms with Gasteiger partial charge in [-0.1, -0.05) is 0 Å². The van der Waals surface area contributed by atoms with Crippen LogP contribution < -0.4 is 11.1 Å². The van der Waals surface area contributed by atoms with E-state index in [-0.39, 0.29) is 0 Å². The lowest BCUT2D eigenvalue weighted by molar-refractivity contribution is 0.193. The van der Waals surface area contributed by atoms with E-state index >= 15 is 0 Å². The van der Waals surface area contributed by atoms with Gasteiger partial charge in [0, 0.05) is 30.8 Å². The molecule has 1 atom stereocenters. The zero-order chi connectivity index (χ0) is 16.2. The molecule has 0 saturated carbocycles. The van der Waals surface area contributed by atoms with Gasteiger partial charge >= 0.3 is 0 Å². The number of nitrogens with zero attached hydrogens (tertiary/aromatic N) is 3. The molecule has 3 rings (SSSR count). The zero-order valence-corrected chi connectivity index (χ0v) is 13.7. The smallest absolute Gasteiger partial charge is 0.222 e. The Morgan fingerprint density at radius 2 is 2.26 bits per heavy atom. The molecule has 1 fully saturated rings. The number of aromatic amines is 1. The van der Waals surface area contributed by atoms with Crippen molar-refractivity contribution in [3.63, 3.8) is 0 Å². The number of anilines is 2. The lowest BCUT2D eigenvalue weighted by atomic mass is 10.0. The first-order valence-electron chi connectivity index (χ1n) is 8.10. The van der Waals surface area contributed by atoms with Gasteiger partial charge < -0.3 is 15.8 Å². The van der Waals surface area contributed by atoms with E-state index in [1.54, 1.807) is 0 Å². The van der Waals surface area contributed by atoms with Crippen molar-refractivity contribution in [1.29, 1.82) is 0 Å². The van der Waals surface area contributed by atoms with Crippen molar-refractivity contribution in [2.45, 2.75) is 39.0 Å². The van der Waals surface area contributed by atoms with Gasteiger partial charge in [0.05, 0.1) is 18.0 Å². The second-order valence-corrected chi connectivity index (χ2v) is 6.04. The lowest BCUT2D eigenvalue weighted by Crippen LogP contribution is -2.10. The number of ether oxygens (including phenoxy) is 1. The standard InChI is InChI=1S/C16H24N6O/c1-10-13(11(2)22-21-10)4-3-6-18-15-8-14(19-16(17)20-15)12-5-7-23-9-12/h8,12H,3-7,9H2,1-2H3,(H,21,22)(H3,17,18,19,20). The average Bonchev–Trinajstić information content (AvgIpc) is 3.15. The van der Waals surface area contributed by atoms with Crippen molar-refractivity contribution in [1.82, 2.24) is 20.2 Å². The molecule has 1 saturated heterocycles. The Labute approximate surface area is 136 Å². The lowest BCUT2D eigenvalue weighted by Gasteiger charge is -2.11. The molecule has 124 valence electrons. The summed E-state index contributed by atoms with van der Waals surface area (Å²) in [4.78, 5) is 8.61. The van der Waals surface area contributed by atoms with Crippen molar-refractivity contribution in [3.05, 3.63) is 28.7 Å². The number of nitrogen functional groups attached to an aromatic ring is 1. The van der Waals surface area contributed by atoms with E-state index in [1.165, 1.54) is 5.56 Å². The van der Waals surface area contributed by atoms with Crippen molar-refractivity contribution in [2.75, 3.05) is 30.8 Å². The topological polar surface area (TPSA) is 102 Å². The molecule has 1 aliphatic rings. The van der Waals surface area contributed by atoms with Crippen LogP contribution in [0.2, 0.25) is 0 Å². The van der Waals surface area contributed by atoms with Gasteiger partial charge in [-0.3, -0.25) is 5.10 Å². The van der Waals surface area contributed by atoms with Crippen LogP contribution >= 0.6 is 0 Å². The monoisotopic (exact) mass is 316 g/mol. The van der Waals surface area contributed by atoms with Gasteiger partial charge in [-0.2, -0.15) is 10.1 Å². The molecule has 0 aromatic carbocycles. The second kappa shape index (κ2) is 6.95. The molecule has 0 spiro atoms. The normalized spacial score (nSPS) is 17.6. The Hall–Kier alpha value is -2.15. The summed E-state index contributed by atoms with van der Waals surface area (Å²) >= 11 is 0. The summed E-state index contributed by atoms with van der Waals surface area (Å²) in [7, 11) is 0. The van der Waals surface area contributed by atoms with E-state index in [2.05, 4.69) is 32.4 Å². The fourth-order valence-electron chi connectivity index (χ4n) is 2.98. The maximum atomic E-state index is 5.83. The molecule has 3 heterocycles. The maximum Gasteiger partial charge on any atom is 0.222 e. The number of H-pyrrole nitrogens is 1. The van der Waals surface area contributed by atoms with Gasteiger partial charge in [-0.15, -0.1) is 0 Å². The van der Waals surface area contributed by atoms with Crippen LogP contribution in [-0.2, 0) is 11.2 Å². The summed E-state index contributed by atoms with van der Waals surface area (Å²) in [6.45, 7) is 6.44. The molecular weight excluding hydrogens is 292 g/mol. The van der Waals surface area contributed by atoms with E-state index in [9.17, 15) is 0 Å². The molecule has 7 heteroatoms. The molecule has 2 aromatic rings. The van der Waals surface area contributed by atoms with Crippen LogP contribution in [-0.4, -0.2) is 39.9 Å². The highest BCUT2D eigenvalue weighted by atomic mass is 16.5. The third kappa shape index (κ3) is 3.79. The van der Waals surface area contributed by atoms with Crippen LogP contribution in [0.1, 0.15) is 41.4 Å². The third-order valence-corrected chi connectivity index (χ3v) is 4.30. The second-order valence-electron chi connectivity index (χ2n) is 6.04. The van der Waals surface area contributed by atoms with E-state index in [4.69, 9.17) is 10.5 Å². The maximum absolute atomic E-state index is 5.83. The number of aromatic nitrogens is 4. The summed E-state index contributed by atoms with van der Waals surface area (Å²) in [5, 5.41) is 10.6. The highest BCUT2D eigenvalue weighted by Crippen LogP contribution is 2.25. The van der Waals surface area contributed by atoms with Crippen molar-refractivity contribution in [3.8, 4) is 0 Å². The first-order valence-corrected chi connectivity index (χ1v) is 8.10. The molecule has 0 aliphatic carbocycles. The fraction of sp³-hybridized carbons (Fsp3) is 0.562. The van der Waals surface area contributed by atoms with Crippen LogP contribution in [0, 0.1) is 13.8 Å². The third-order valence-electron chi connectivity index (χ3n) is 4.30. The van der Waals surface area contributed by atoms with E-state index in [0.29, 0.717) is 11.9 Å². The molecule has 4 N–H and O–H groups in total. The molecular formula is C16H24N6O. The van der Waals surface area contributed by atoms with Crippen molar-refractivity contribution < 1.29 is 4.74 Å². The van der Waals surface area contributed by atoms with Gasteiger partial charge in [0.2, 0.25) is 5.95 Å². The minimum atomic E-state index is 0.318. The first-order chi connectivity index (χ1) is 11.1. The van der Waals surface area contributed by atoms with Gasteiger partial charge in [0.15, 0.2) is 0 Å². The number of rotatable bonds is 6. The number of nitrogens with two attached hydrogens (primary N) is 1. The van der Waals surface area contributed by atoms with Crippen LogP contribution in [0.4, 0.5) is 11.8 Å². The molecule has 1 unspecified atom stereocenters. The highest BCUT2D eigenvalue weighted by Gasteiger charge is 2.20. The number of hydrogen-bond acceptors (Lipinski definition) is 6. The van der Waals surface area contributed by atoms with Gasteiger partial charge in [0.25, 0.3) is 0 Å². The fourth-order valence-corrected chi connectivity index (χ4v) is 2.98. The summed E-state index contributed by atoms with van der Waals surface area (Å²) in [5.74, 6) is 1.44. The van der Waals surface area contributed by atoms with Crippen LogP contribution in [0.5, 0.6) is 0 Å². The van der Waals surface area contributed by atoms with E-state index < -0.39 is 0 Å². The highest BCUT2D eigenvalue weighted by molar-refractivity contribution is 5.41. The number of nitrogens with one attached hydrogen (secondary N) is 2. The Kier molecular flexibility index (Phi) is 4.76. The Bertz CT molecular complexity index is 643. The summed E-state index contributed by atoms with van der Waals surface area (Å²) in [6, 6.07) is 1.99. The first kappa shape index (κ1) is 15.7. The van der Waals surface area contributed by atoms with Crippen LogP contribution in [0.15, 0.2) is 6.07 Å². The Balaban J connectivity index is 1.55. The Morgan fingerprint density at radius 3 is 2.96 bits per heavy atom. The molecule has 1 aliphatic heterocycles. The van der Waals surface area contributed by atoms with Gasteiger partial charge in [-0.25, -0.2) is 4.98 Å². The minimum Gasteiger partial charge on any atom is -0.381 e. The van der Waals surface area contributed by atoms with Crippen LogP contribution in [0.25, 0.3) is 0 Å². The van der Waals surface area contributed by atoms with Gasteiger partial charge in [0.1, 0.15) is 5.82 Å². The predicted octanol–water partition coefficient (Wildman–Crippen LogP) is 1.95. The summed E-state index contributed by atoms with van der Waals surface area (Å²) < 4.78 is 5.42. The summed E-state index contributed by atoms with van der Waals surface area (Å²) in [6.07, 6.45) is 2.99. The molecule has 23 heavy (non-hydrogen) atoms. The van der Waals surface area contributed by atoms with E-state index in [0.717, 1.165) is 61.9 Å². The molecule has 7 nitrogen and oxygen atoms in total. The zero-order valence-electron chi connectivity index (χ0n) is 13.7. The average molecular weight is 316 g/mol. The SMILES string of the molecule is Cc1n[nH]c(C)c1CCCNc1cc(C2CCOC2)nc(N)n1. The number of hydrogen-bond donors (Lipinski definition) is 3. The summed E-state index contributed by atoms with van der Waals surface area (Å²) in [5.41, 5.74) is 10.3. The molecule has 0 amide bonds. The molecule has 0 bridgehead atoms. The van der Waals surface area contributed by atoms with Crippen molar-refractivity contribution in [2.24, 2.45) is 0 Å². The van der Waals surface area contributed by atoms with E-state index in [1.807, 2.05) is 13.0 Å². The number of aryl methyl sites for hydroxylation is 2.